The van der Waals surface area contributed by atoms with Crippen molar-refractivity contribution in [1.82, 2.24) is 5.32 Å². The molecule has 0 aliphatic carbocycles. The van der Waals surface area contributed by atoms with Crippen LogP contribution in [0.2, 0.25) is 0 Å². The van der Waals surface area contributed by atoms with Gasteiger partial charge in [-0.05, 0) is 31.0 Å². The number of benzene rings is 1. The normalized spacial score (nSPS) is 11.4. The predicted molar refractivity (Wildman–Crippen MR) is 60.1 cm³/mol. The van der Waals surface area contributed by atoms with Crippen molar-refractivity contribution in [1.29, 1.82) is 0 Å². The molecule has 2 N–H and O–H groups in total. The van der Waals surface area contributed by atoms with Crippen molar-refractivity contribution in [2.24, 2.45) is 0 Å². The van der Waals surface area contributed by atoms with Crippen molar-refractivity contribution in [3.8, 4) is 0 Å². The zero-order valence-corrected chi connectivity index (χ0v) is 9.93. The van der Waals surface area contributed by atoms with Crippen LogP contribution in [0.4, 0.5) is 17.6 Å². The van der Waals surface area contributed by atoms with Crippen molar-refractivity contribution in [3.63, 3.8) is 0 Å². The molecular formula is C12H13F4NO2. The highest BCUT2D eigenvalue weighted by Gasteiger charge is 2.31. The second kappa shape index (κ2) is 6.51. The summed E-state index contributed by atoms with van der Waals surface area (Å²) in [5, 5.41) is 10.8. The number of halogens is 4. The number of carbonyl (C=O) groups is 1. The third kappa shape index (κ3) is 4.51. The van der Waals surface area contributed by atoms with Crippen LogP contribution in [-0.4, -0.2) is 24.2 Å². The van der Waals surface area contributed by atoms with Crippen LogP contribution < -0.4 is 5.32 Å². The van der Waals surface area contributed by atoms with E-state index in [-0.39, 0.29) is 13.2 Å². The summed E-state index contributed by atoms with van der Waals surface area (Å²) in [7, 11) is 0. The Labute approximate surface area is 107 Å². The van der Waals surface area contributed by atoms with Gasteiger partial charge in [-0.25, -0.2) is 4.39 Å². The fraction of sp³-hybridized carbons (Fsp3) is 0.417. The standard InChI is InChI=1S/C12H13F4NO2/c13-10-4-3-8(12(14,15)16)7-9(10)11(19)17-5-1-2-6-18/h3-4,7,18H,1-2,5-6H2,(H,17,19). The van der Waals surface area contributed by atoms with Crippen LogP contribution in [-0.2, 0) is 6.18 Å². The summed E-state index contributed by atoms with van der Waals surface area (Å²) in [5.74, 6) is -1.91. The molecule has 0 saturated heterocycles. The van der Waals surface area contributed by atoms with E-state index < -0.39 is 29.0 Å². The first kappa shape index (κ1) is 15.4. The maximum Gasteiger partial charge on any atom is 0.416 e. The van der Waals surface area contributed by atoms with Gasteiger partial charge in [0.05, 0.1) is 11.1 Å². The van der Waals surface area contributed by atoms with Crippen LogP contribution >= 0.6 is 0 Å². The Morgan fingerprint density at radius 1 is 1.26 bits per heavy atom. The maximum atomic E-state index is 13.3. The van der Waals surface area contributed by atoms with Crippen LogP contribution in [0.25, 0.3) is 0 Å². The van der Waals surface area contributed by atoms with E-state index in [1.165, 1.54) is 0 Å². The van der Waals surface area contributed by atoms with Crippen LogP contribution in [0, 0.1) is 5.82 Å². The molecule has 1 rings (SSSR count). The van der Waals surface area contributed by atoms with Crippen molar-refractivity contribution in [2.45, 2.75) is 19.0 Å². The molecule has 0 bridgehead atoms. The van der Waals surface area contributed by atoms with Gasteiger partial charge in [-0.1, -0.05) is 0 Å². The SMILES string of the molecule is O=C(NCCCCO)c1cc(C(F)(F)F)ccc1F. The van der Waals surface area contributed by atoms with Gasteiger partial charge in [0.2, 0.25) is 0 Å². The van der Waals surface area contributed by atoms with Gasteiger partial charge in [-0.2, -0.15) is 13.2 Å². The van der Waals surface area contributed by atoms with Crippen molar-refractivity contribution < 1.29 is 27.5 Å². The third-order valence-electron chi connectivity index (χ3n) is 2.41. The van der Waals surface area contributed by atoms with Crippen molar-refractivity contribution in [2.75, 3.05) is 13.2 Å². The van der Waals surface area contributed by atoms with Gasteiger partial charge in [-0.15, -0.1) is 0 Å². The number of aliphatic hydroxyl groups is 1. The lowest BCUT2D eigenvalue weighted by Crippen LogP contribution is -2.26. The average molecular weight is 279 g/mol. The zero-order valence-electron chi connectivity index (χ0n) is 9.93. The lowest BCUT2D eigenvalue weighted by molar-refractivity contribution is -0.137. The highest BCUT2D eigenvalue weighted by Crippen LogP contribution is 2.30. The molecule has 1 amide bonds. The van der Waals surface area contributed by atoms with E-state index in [0.717, 1.165) is 0 Å². The van der Waals surface area contributed by atoms with Gasteiger partial charge in [0.1, 0.15) is 5.82 Å². The molecule has 0 unspecified atom stereocenters. The molecular weight excluding hydrogens is 266 g/mol. The summed E-state index contributed by atoms with van der Waals surface area (Å²) in [4.78, 5) is 11.5. The number of alkyl halides is 3. The Hall–Kier alpha value is -1.63. The fourth-order valence-electron chi connectivity index (χ4n) is 1.41. The minimum absolute atomic E-state index is 0.0478. The first-order valence-electron chi connectivity index (χ1n) is 5.62. The average Bonchev–Trinajstić information content (AvgIpc) is 2.33. The van der Waals surface area contributed by atoms with Gasteiger partial charge in [0, 0.05) is 13.2 Å². The van der Waals surface area contributed by atoms with Gasteiger partial charge in [0.15, 0.2) is 0 Å². The van der Waals surface area contributed by atoms with Crippen molar-refractivity contribution >= 4 is 5.91 Å². The minimum Gasteiger partial charge on any atom is -0.396 e. The number of hydrogen-bond donors (Lipinski definition) is 2. The molecule has 0 aliphatic rings. The van der Waals surface area contributed by atoms with Gasteiger partial charge >= 0.3 is 6.18 Å². The minimum atomic E-state index is -4.63. The Morgan fingerprint density at radius 3 is 2.53 bits per heavy atom. The molecule has 19 heavy (non-hydrogen) atoms. The number of hydrogen-bond acceptors (Lipinski definition) is 2. The smallest absolute Gasteiger partial charge is 0.396 e. The van der Waals surface area contributed by atoms with Gasteiger partial charge in [-0.3, -0.25) is 4.79 Å². The highest BCUT2D eigenvalue weighted by molar-refractivity contribution is 5.94. The van der Waals surface area contributed by atoms with Gasteiger partial charge in [0.25, 0.3) is 5.91 Å². The zero-order chi connectivity index (χ0) is 14.5. The van der Waals surface area contributed by atoms with E-state index in [0.29, 0.717) is 31.0 Å². The number of carbonyl (C=O) groups excluding carboxylic acids is 1. The summed E-state index contributed by atoms with van der Waals surface area (Å²) < 4.78 is 50.6. The molecule has 3 nitrogen and oxygen atoms in total. The van der Waals surface area contributed by atoms with E-state index in [9.17, 15) is 22.4 Å². The largest absolute Gasteiger partial charge is 0.416 e. The molecule has 0 atom stereocenters. The molecule has 0 saturated carbocycles. The first-order valence-corrected chi connectivity index (χ1v) is 5.62. The topological polar surface area (TPSA) is 49.3 Å². The predicted octanol–water partition coefficient (Wildman–Crippen LogP) is 2.35. The van der Waals surface area contributed by atoms with E-state index >= 15 is 0 Å². The van der Waals surface area contributed by atoms with Crippen LogP contribution in [0.3, 0.4) is 0 Å². The molecule has 106 valence electrons. The summed E-state index contributed by atoms with van der Waals surface area (Å²) in [6.45, 7) is 0.114. The summed E-state index contributed by atoms with van der Waals surface area (Å²) in [5.41, 5.74) is -1.71. The molecule has 0 spiro atoms. The van der Waals surface area contributed by atoms with Gasteiger partial charge < -0.3 is 10.4 Å². The monoisotopic (exact) mass is 279 g/mol. The second-order valence-electron chi connectivity index (χ2n) is 3.88. The van der Waals surface area contributed by atoms with Crippen molar-refractivity contribution in [3.05, 3.63) is 35.1 Å². The molecule has 0 radical (unpaired) electrons. The van der Waals surface area contributed by atoms with E-state index in [1.54, 1.807) is 0 Å². The van der Waals surface area contributed by atoms with Crippen LogP contribution in [0.15, 0.2) is 18.2 Å². The summed E-state index contributed by atoms with van der Waals surface area (Å²) in [6.07, 6.45) is -3.71. The van der Waals surface area contributed by atoms with E-state index in [2.05, 4.69) is 5.32 Å². The quantitative estimate of drug-likeness (QED) is 0.642. The van der Waals surface area contributed by atoms with E-state index in [1.807, 2.05) is 0 Å². The molecule has 0 aliphatic heterocycles. The highest BCUT2D eigenvalue weighted by atomic mass is 19.4. The molecule has 0 heterocycles. The van der Waals surface area contributed by atoms with Crippen LogP contribution in [0.5, 0.6) is 0 Å². The number of unbranched alkanes of at least 4 members (excludes halogenated alkanes) is 1. The third-order valence-corrected chi connectivity index (χ3v) is 2.41. The molecule has 7 heteroatoms. The fourth-order valence-corrected chi connectivity index (χ4v) is 1.41. The Morgan fingerprint density at radius 2 is 1.95 bits per heavy atom. The lowest BCUT2D eigenvalue weighted by atomic mass is 10.1. The van der Waals surface area contributed by atoms with E-state index in [4.69, 9.17) is 5.11 Å². The Balaban J connectivity index is 2.78. The molecule has 1 aromatic rings. The lowest BCUT2D eigenvalue weighted by Gasteiger charge is -2.10. The molecule has 1 aromatic carbocycles. The number of amides is 1. The molecule has 0 fully saturated rings. The molecule has 0 aromatic heterocycles. The maximum absolute atomic E-state index is 13.3. The number of rotatable bonds is 5. The Kier molecular flexibility index (Phi) is 5.29. The number of aliphatic hydroxyl groups excluding tert-OH is 1. The second-order valence-corrected chi connectivity index (χ2v) is 3.88. The number of nitrogens with one attached hydrogen (secondary N) is 1. The summed E-state index contributed by atoms with van der Waals surface area (Å²) in [6, 6.07) is 1.68. The van der Waals surface area contributed by atoms with Crippen LogP contribution in [0.1, 0.15) is 28.8 Å². The Bertz CT molecular complexity index is 446. The summed E-state index contributed by atoms with van der Waals surface area (Å²) >= 11 is 0. The first-order chi connectivity index (χ1) is 8.86.